The Balaban J connectivity index is 1.31. The Kier molecular flexibility index (Phi) is 5.16. The van der Waals surface area contributed by atoms with Gasteiger partial charge in [0.25, 0.3) is 0 Å². The van der Waals surface area contributed by atoms with Gasteiger partial charge in [-0.3, -0.25) is 4.79 Å². The fourth-order valence-electron chi connectivity index (χ4n) is 4.64. The molecule has 3 heterocycles. The van der Waals surface area contributed by atoms with Crippen molar-refractivity contribution in [3.63, 3.8) is 0 Å². The lowest BCUT2D eigenvalue weighted by molar-refractivity contribution is -0.133. The lowest BCUT2D eigenvalue weighted by Crippen LogP contribution is -2.47. The van der Waals surface area contributed by atoms with Crippen molar-refractivity contribution in [3.05, 3.63) is 22.4 Å². The molecule has 1 saturated carbocycles. The monoisotopic (exact) mass is 362 g/mol. The van der Waals surface area contributed by atoms with Crippen LogP contribution in [0.5, 0.6) is 0 Å². The quantitative estimate of drug-likeness (QED) is 0.780. The maximum atomic E-state index is 12.6. The molecule has 4 nitrogen and oxygen atoms in total. The molecule has 0 aromatic carbocycles. The van der Waals surface area contributed by atoms with E-state index >= 15 is 0 Å². The number of hydrogen-bond donors (Lipinski definition) is 0. The van der Waals surface area contributed by atoms with Gasteiger partial charge in [-0.1, -0.05) is 0 Å². The predicted molar refractivity (Wildman–Crippen MR) is 101 cm³/mol. The number of carbonyl (C=O) groups excluding carboxylic acids is 1. The second-order valence-corrected chi connectivity index (χ2v) is 9.21. The van der Waals surface area contributed by atoms with Crippen LogP contribution in [0.1, 0.15) is 31.2 Å². The second kappa shape index (κ2) is 7.37. The number of ether oxygens (including phenoxy) is 1. The van der Waals surface area contributed by atoms with Gasteiger partial charge in [0.05, 0.1) is 13.0 Å². The first-order valence-corrected chi connectivity index (χ1v) is 10.6. The fourth-order valence-corrected chi connectivity index (χ4v) is 5.31. The number of piperidine rings is 1. The van der Waals surface area contributed by atoms with E-state index in [2.05, 4.69) is 33.7 Å². The molecular weight excluding hydrogens is 332 g/mol. The summed E-state index contributed by atoms with van der Waals surface area (Å²) in [7, 11) is 2.23. The van der Waals surface area contributed by atoms with Gasteiger partial charge in [-0.2, -0.15) is 11.3 Å². The highest BCUT2D eigenvalue weighted by atomic mass is 32.1. The standard InChI is InChI=1S/C20H30N2O2S/c1-21-11-18(13-24-12-16-2-3-16)20(15-21)5-7-22(8-6-20)19(23)10-17-4-9-25-14-17/h4,9,14,16,18H,2-3,5-8,10-13,15H2,1H3. The number of nitrogens with zero attached hydrogens (tertiary/aromatic N) is 2. The van der Waals surface area contributed by atoms with E-state index in [1.165, 1.54) is 12.8 Å². The Labute approximate surface area is 155 Å². The summed E-state index contributed by atoms with van der Waals surface area (Å²) >= 11 is 1.67. The molecule has 1 aliphatic carbocycles. The number of amides is 1. The van der Waals surface area contributed by atoms with E-state index in [0.29, 0.717) is 23.7 Å². The summed E-state index contributed by atoms with van der Waals surface area (Å²) in [5.41, 5.74) is 1.51. The average Bonchev–Trinajstić information content (AvgIpc) is 3.18. The molecular formula is C20H30N2O2S. The minimum Gasteiger partial charge on any atom is -0.381 e. The Hall–Kier alpha value is -0.910. The normalized spacial score (nSPS) is 26.4. The highest BCUT2D eigenvalue weighted by molar-refractivity contribution is 7.07. The highest BCUT2D eigenvalue weighted by Gasteiger charge is 2.47. The fraction of sp³-hybridized carbons (Fsp3) is 0.750. The Morgan fingerprint density at radius 1 is 1.32 bits per heavy atom. The molecule has 0 radical (unpaired) electrons. The van der Waals surface area contributed by atoms with Gasteiger partial charge in [-0.05, 0) is 66.5 Å². The van der Waals surface area contributed by atoms with Crippen molar-refractivity contribution in [2.45, 2.75) is 32.1 Å². The molecule has 3 aliphatic rings. The van der Waals surface area contributed by atoms with E-state index in [0.717, 1.165) is 63.7 Å². The first-order valence-electron chi connectivity index (χ1n) is 9.70. The van der Waals surface area contributed by atoms with Crippen molar-refractivity contribution in [1.82, 2.24) is 9.80 Å². The number of hydrogen-bond acceptors (Lipinski definition) is 4. The summed E-state index contributed by atoms with van der Waals surface area (Å²) in [6.45, 7) is 6.00. The summed E-state index contributed by atoms with van der Waals surface area (Å²) in [6, 6.07) is 2.06. The topological polar surface area (TPSA) is 32.8 Å². The Morgan fingerprint density at radius 3 is 2.80 bits per heavy atom. The van der Waals surface area contributed by atoms with Crippen molar-refractivity contribution in [1.29, 1.82) is 0 Å². The van der Waals surface area contributed by atoms with Crippen molar-refractivity contribution >= 4 is 17.2 Å². The Bertz CT molecular complexity index is 577. The van der Waals surface area contributed by atoms with Gasteiger partial charge in [0.2, 0.25) is 5.91 Å². The van der Waals surface area contributed by atoms with Crippen molar-refractivity contribution in [3.8, 4) is 0 Å². The van der Waals surface area contributed by atoms with E-state index in [-0.39, 0.29) is 0 Å². The second-order valence-electron chi connectivity index (χ2n) is 8.43. The van der Waals surface area contributed by atoms with Gasteiger partial charge in [0, 0.05) is 38.7 Å². The first kappa shape index (κ1) is 17.5. The third kappa shape index (κ3) is 4.09. The smallest absolute Gasteiger partial charge is 0.227 e. The number of carbonyl (C=O) groups is 1. The molecule has 1 atom stereocenters. The van der Waals surface area contributed by atoms with E-state index in [4.69, 9.17) is 4.74 Å². The molecule has 2 aliphatic heterocycles. The van der Waals surface area contributed by atoms with Crippen LogP contribution in [0, 0.1) is 17.3 Å². The van der Waals surface area contributed by atoms with Gasteiger partial charge in [0.1, 0.15) is 0 Å². The zero-order valence-corrected chi connectivity index (χ0v) is 16.1. The molecule has 2 saturated heterocycles. The van der Waals surface area contributed by atoms with Crippen LogP contribution in [0.25, 0.3) is 0 Å². The van der Waals surface area contributed by atoms with E-state index < -0.39 is 0 Å². The minimum absolute atomic E-state index is 0.293. The van der Waals surface area contributed by atoms with Crippen LogP contribution < -0.4 is 0 Å². The van der Waals surface area contributed by atoms with Crippen LogP contribution in [-0.2, 0) is 16.0 Å². The molecule has 1 aromatic rings. The number of likely N-dealkylation sites (tertiary alicyclic amines) is 2. The largest absolute Gasteiger partial charge is 0.381 e. The molecule has 1 amide bonds. The van der Waals surface area contributed by atoms with Crippen LogP contribution in [0.2, 0.25) is 0 Å². The van der Waals surface area contributed by atoms with Crippen LogP contribution >= 0.6 is 11.3 Å². The zero-order valence-electron chi connectivity index (χ0n) is 15.3. The SMILES string of the molecule is CN1CC(COCC2CC2)C2(CCN(C(=O)Cc3ccsc3)CC2)C1. The van der Waals surface area contributed by atoms with E-state index in [9.17, 15) is 4.79 Å². The summed E-state index contributed by atoms with van der Waals surface area (Å²) in [6.07, 6.45) is 5.53. The molecule has 0 bridgehead atoms. The predicted octanol–water partition coefficient (Wildman–Crippen LogP) is 2.89. The minimum atomic E-state index is 0.293. The molecule has 3 fully saturated rings. The highest BCUT2D eigenvalue weighted by Crippen LogP contribution is 2.44. The molecule has 1 spiro atoms. The number of thiophene rings is 1. The summed E-state index contributed by atoms with van der Waals surface area (Å²) < 4.78 is 6.06. The molecule has 5 heteroatoms. The number of rotatable bonds is 6. The summed E-state index contributed by atoms with van der Waals surface area (Å²) in [5.74, 6) is 1.76. The molecule has 25 heavy (non-hydrogen) atoms. The average molecular weight is 363 g/mol. The maximum Gasteiger partial charge on any atom is 0.227 e. The molecule has 1 aromatic heterocycles. The molecule has 0 N–H and O–H groups in total. The van der Waals surface area contributed by atoms with Crippen LogP contribution in [-0.4, -0.2) is 62.1 Å². The van der Waals surface area contributed by atoms with Gasteiger partial charge >= 0.3 is 0 Å². The van der Waals surface area contributed by atoms with Gasteiger partial charge < -0.3 is 14.5 Å². The van der Waals surface area contributed by atoms with Crippen molar-refractivity contribution in [2.24, 2.45) is 17.3 Å². The van der Waals surface area contributed by atoms with Gasteiger partial charge in [-0.25, -0.2) is 0 Å². The third-order valence-electron chi connectivity index (χ3n) is 6.40. The van der Waals surface area contributed by atoms with E-state index in [1.807, 2.05) is 0 Å². The lowest BCUT2D eigenvalue weighted by atomic mass is 9.71. The van der Waals surface area contributed by atoms with E-state index in [1.54, 1.807) is 11.3 Å². The molecule has 1 unspecified atom stereocenters. The Morgan fingerprint density at radius 2 is 2.12 bits per heavy atom. The summed E-state index contributed by atoms with van der Waals surface area (Å²) in [4.78, 5) is 17.1. The maximum absolute atomic E-state index is 12.6. The van der Waals surface area contributed by atoms with Crippen molar-refractivity contribution < 1.29 is 9.53 Å². The lowest BCUT2D eigenvalue weighted by Gasteiger charge is -2.42. The van der Waals surface area contributed by atoms with Gasteiger partial charge in [-0.15, -0.1) is 0 Å². The first-order chi connectivity index (χ1) is 12.1. The molecule has 138 valence electrons. The molecule has 4 rings (SSSR count). The van der Waals surface area contributed by atoms with Crippen LogP contribution in [0.15, 0.2) is 16.8 Å². The van der Waals surface area contributed by atoms with Crippen LogP contribution in [0.3, 0.4) is 0 Å². The van der Waals surface area contributed by atoms with Gasteiger partial charge in [0.15, 0.2) is 0 Å². The third-order valence-corrected chi connectivity index (χ3v) is 7.13. The van der Waals surface area contributed by atoms with Crippen molar-refractivity contribution in [2.75, 3.05) is 46.4 Å². The summed E-state index contributed by atoms with van der Waals surface area (Å²) in [5, 5.41) is 4.14. The van der Waals surface area contributed by atoms with Crippen LogP contribution in [0.4, 0.5) is 0 Å². The zero-order chi connectivity index (χ0) is 17.3.